The second-order valence-electron chi connectivity index (χ2n) is 6.68. The number of nitrogens with zero attached hydrogens (tertiary/aromatic N) is 5. The zero-order valence-corrected chi connectivity index (χ0v) is 14.3. The van der Waals surface area contributed by atoms with Gasteiger partial charge in [-0.15, -0.1) is 10.2 Å². The van der Waals surface area contributed by atoms with Gasteiger partial charge in [0.25, 0.3) is 0 Å². The van der Waals surface area contributed by atoms with Crippen LogP contribution in [0.4, 0.5) is 5.69 Å². The number of benzene rings is 1. The molecule has 0 spiro atoms. The third-order valence-corrected chi connectivity index (χ3v) is 5.25. The molecule has 0 fully saturated rings. The summed E-state index contributed by atoms with van der Waals surface area (Å²) in [6.07, 6.45) is 2.09. The number of aryl methyl sites for hydroxylation is 2. The van der Waals surface area contributed by atoms with Crippen molar-refractivity contribution < 1.29 is 4.79 Å². The molecule has 6 nitrogen and oxygen atoms in total. The van der Waals surface area contributed by atoms with Crippen LogP contribution in [0.5, 0.6) is 0 Å². The fraction of sp³-hybridized carbons (Fsp3) is 0.500. The number of carbonyl (C=O) groups excluding carboxylic acids is 1. The first-order valence-electron chi connectivity index (χ1n) is 8.67. The molecule has 0 bridgehead atoms. The Kier molecular flexibility index (Phi) is 3.84. The van der Waals surface area contributed by atoms with Gasteiger partial charge in [-0.2, -0.15) is 0 Å². The summed E-state index contributed by atoms with van der Waals surface area (Å²) >= 11 is 0. The fourth-order valence-electron chi connectivity index (χ4n) is 3.80. The first-order chi connectivity index (χ1) is 11.6. The van der Waals surface area contributed by atoms with Crippen molar-refractivity contribution in [1.82, 2.24) is 19.7 Å². The van der Waals surface area contributed by atoms with Crippen molar-refractivity contribution in [2.45, 2.75) is 45.8 Å². The van der Waals surface area contributed by atoms with Crippen LogP contribution in [0.3, 0.4) is 0 Å². The summed E-state index contributed by atoms with van der Waals surface area (Å²) < 4.78 is 2.14. The fourth-order valence-corrected chi connectivity index (χ4v) is 3.80. The second kappa shape index (κ2) is 6.02. The smallest absolute Gasteiger partial charge is 0.244 e. The highest BCUT2D eigenvalue weighted by Gasteiger charge is 2.32. The Bertz CT molecular complexity index is 769. The minimum atomic E-state index is -0.151. The first kappa shape index (κ1) is 15.3. The summed E-state index contributed by atoms with van der Waals surface area (Å²) in [5.74, 6) is 2.10. The van der Waals surface area contributed by atoms with Gasteiger partial charge in [0.15, 0.2) is 0 Å². The summed E-state index contributed by atoms with van der Waals surface area (Å²) in [6.45, 7) is 7.19. The van der Waals surface area contributed by atoms with Gasteiger partial charge < -0.3 is 9.47 Å². The molecule has 24 heavy (non-hydrogen) atoms. The van der Waals surface area contributed by atoms with Crippen LogP contribution >= 0.6 is 0 Å². The molecular weight excluding hydrogens is 302 g/mol. The van der Waals surface area contributed by atoms with Gasteiger partial charge in [-0.3, -0.25) is 9.69 Å². The Balaban J connectivity index is 1.53. The van der Waals surface area contributed by atoms with E-state index in [-0.39, 0.29) is 11.9 Å². The maximum atomic E-state index is 13.1. The predicted octanol–water partition coefficient (Wildman–Crippen LogP) is 1.77. The van der Waals surface area contributed by atoms with Crippen molar-refractivity contribution in [3.05, 3.63) is 41.5 Å². The van der Waals surface area contributed by atoms with Crippen molar-refractivity contribution in [2.75, 3.05) is 18.0 Å². The molecule has 1 unspecified atom stereocenters. The third-order valence-electron chi connectivity index (χ3n) is 5.25. The summed E-state index contributed by atoms with van der Waals surface area (Å²) in [5.41, 5.74) is 2.36. The number of para-hydroxylation sites is 1. The highest BCUT2D eigenvalue weighted by Crippen LogP contribution is 2.28. The van der Waals surface area contributed by atoms with Crippen LogP contribution in [0.1, 0.15) is 30.6 Å². The summed E-state index contributed by atoms with van der Waals surface area (Å²) in [5, 5.41) is 8.39. The maximum absolute atomic E-state index is 13.1. The Labute approximate surface area is 142 Å². The van der Waals surface area contributed by atoms with E-state index in [9.17, 15) is 4.79 Å². The number of fused-ring (bicyclic) bond motifs is 2. The zero-order valence-electron chi connectivity index (χ0n) is 14.3. The number of rotatable bonds is 2. The van der Waals surface area contributed by atoms with E-state index >= 15 is 0 Å². The van der Waals surface area contributed by atoms with Crippen molar-refractivity contribution >= 4 is 11.6 Å². The quantitative estimate of drug-likeness (QED) is 0.844. The molecule has 1 amide bonds. The van der Waals surface area contributed by atoms with Gasteiger partial charge in [0, 0.05) is 25.3 Å². The minimum absolute atomic E-state index is 0.151. The van der Waals surface area contributed by atoms with Crippen molar-refractivity contribution in [3.63, 3.8) is 0 Å². The average Bonchev–Trinajstić information content (AvgIpc) is 3.00. The van der Waals surface area contributed by atoms with Gasteiger partial charge in [-0.25, -0.2) is 0 Å². The predicted molar refractivity (Wildman–Crippen MR) is 91.7 cm³/mol. The minimum Gasteiger partial charge on any atom is -0.313 e. The number of anilines is 1. The Morgan fingerprint density at radius 1 is 1.17 bits per heavy atom. The zero-order chi connectivity index (χ0) is 16.7. The van der Waals surface area contributed by atoms with Crippen molar-refractivity contribution in [3.8, 4) is 0 Å². The van der Waals surface area contributed by atoms with E-state index in [1.54, 1.807) is 0 Å². The van der Waals surface area contributed by atoms with Crippen LogP contribution < -0.4 is 4.90 Å². The Morgan fingerprint density at radius 2 is 2.00 bits per heavy atom. The van der Waals surface area contributed by atoms with Gasteiger partial charge in [-0.05, 0) is 38.3 Å². The molecule has 2 aliphatic rings. The molecule has 0 saturated heterocycles. The van der Waals surface area contributed by atoms with Crippen LogP contribution in [0.15, 0.2) is 24.3 Å². The van der Waals surface area contributed by atoms with Gasteiger partial charge in [0.05, 0.1) is 12.6 Å². The molecule has 6 heteroatoms. The molecule has 0 saturated carbocycles. The van der Waals surface area contributed by atoms with Gasteiger partial charge in [0.2, 0.25) is 5.91 Å². The lowest BCUT2D eigenvalue weighted by Gasteiger charge is -2.37. The lowest BCUT2D eigenvalue weighted by Crippen LogP contribution is -2.50. The van der Waals surface area contributed by atoms with E-state index < -0.39 is 0 Å². The SMILES string of the molecule is Cc1nnc2n1CCN(C(C)C(=O)N1CCCc3ccccc31)C2. The largest absolute Gasteiger partial charge is 0.313 e. The lowest BCUT2D eigenvalue weighted by molar-refractivity contribution is -0.123. The van der Waals surface area contributed by atoms with Crippen LogP contribution in [-0.2, 0) is 24.3 Å². The summed E-state index contributed by atoms with van der Waals surface area (Å²) in [6, 6.07) is 8.11. The highest BCUT2D eigenvalue weighted by atomic mass is 16.2. The topological polar surface area (TPSA) is 54.3 Å². The molecule has 4 rings (SSSR count). The average molecular weight is 325 g/mol. The standard InChI is InChI=1S/C18H23N5O/c1-13(21-10-11-22-14(2)19-20-17(22)12-21)18(24)23-9-5-7-15-6-3-4-8-16(15)23/h3-4,6,8,13H,5,7,9-12H2,1-2H3. The molecule has 1 aromatic heterocycles. The van der Waals surface area contributed by atoms with E-state index in [2.05, 4.69) is 37.9 Å². The van der Waals surface area contributed by atoms with Crippen LogP contribution in [0.2, 0.25) is 0 Å². The second-order valence-corrected chi connectivity index (χ2v) is 6.68. The molecule has 1 atom stereocenters. The van der Waals surface area contributed by atoms with E-state index in [0.717, 1.165) is 49.8 Å². The molecule has 0 aliphatic carbocycles. The number of carbonyl (C=O) groups is 1. The number of hydrogen-bond acceptors (Lipinski definition) is 4. The van der Waals surface area contributed by atoms with Crippen LogP contribution in [0.25, 0.3) is 0 Å². The molecule has 1 aromatic carbocycles. The van der Waals surface area contributed by atoms with Crippen molar-refractivity contribution in [2.24, 2.45) is 0 Å². The van der Waals surface area contributed by atoms with Gasteiger partial charge >= 0.3 is 0 Å². The third kappa shape index (κ3) is 2.51. The highest BCUT2D eigenvalue weighted by molar-refractivity contribution is 5.98. The first-order valence-corrected chi connectivity index (χ1v) is 8.67. The van der Waals surface area contributed by atoms with Gasteiger partial charge in [0.1, 0.15) is 11.6 Å². The van der Waals surface area contributed by atoms with E-state index in [1.807, 2.05) is 24.8 Å². The van der Waals surface area contributed by atoms with E-state index in [4.69, 9.17) is 0 Å². The van der Waals surface area contributed by atoms with E-state index in [1.165, 1.54) is 5.56 Å². The molecule has 126 valence electrons. The molecule has 0 N–H and O–H groups in total. The number of amides is 1. The maximum Gasteiger partial charge on any atom is 0.244 e. The number of aromatic nitrogens is 3. The van der Waals surface area contributed by atoms with E-state index in [0.29, 0.717) is 6.54 Å². The normalized spacial score (nSPS) is 18.8. The molecule has 0 radical (unpaired) electrons. The van der Waals surface area contributed by atoms with Gasteiger partial charge in [-0.1, -0.05) is 18.2 Å². The molecule has 3 heterocycles. The molecule has 2 aromatic rings. The Hall–Kier alpha value is -2.21. The number of hydrogen-bond donors (Lipinski definition) is 0. The molecule has 2 aliphatic heterocycles. The summed E-state index contributed by atoms with van der Waals surface area (Å²) in [4.78, 5) is 17.3. The van der Waals surface area contributed by atoms with Crippen LogP contribution in [-0.4, -0.2) is 44.7 Å². The monoisotopic (exact) mass is 325 g/mol. The van der Waals surface area contributed by atoms with Crippen molar-refractivity contribution in [1.29, 1.82) is 0 Å². The van der Waals surface area contributed by atoms with Crippen LogP contribution in [0, 0.1) is 6.92 Å². The lowest BCUT2D eigenvalue weighted by atomic mass is 10.0. The molecular formula is C18H23N5O. The Morgan fingerprint density at radius 3 is 2.88 bits per heavy atom. The summed E-state index contributed by atoms with van der Waals surface area (Å²) in [7, 11) is 0.